The van der Waals surface area contributed by atoms with Crippen LogP contribution in [-0.4, -0.2) is 49.3 Å². The summed E-state index contributed by atoms with van der Waals surface area (Å²) in [5.74, 6) is -0.840. The molecule has 0 aromatic rings. The quantitative estimate of drug-likeness (QED) is 0.0266. The maximum Gasteiger partial charge on any atom is 0.472 e. The molecule has 9 nitrogen and oxygen atoms in total. The van der Waals surface area contributed by atoms with Crippen molar-refractivity contribution < 1.29 is 37.6 Å². The van der Waals surface area contributed by atoms with Gasteiger partial charge in [0.15, 0.2) is 6.10 Å². The van der Waals surface area contributed by atoms with Gasteiger partial charge in [-0.2, -0.15) is 0 Å². The molecular formula is C48H90NO8P. The van der Waals surface area contributed by atoms with Gasteiger partial charge in [0.05, 0.1) is 13.2 Å². The number of esters is 2. The van der Waals surface area contributed by atoms with Crippen LogP contribution in [0, 0.1) is 0 Å². The Morgan fingerprint density at radius 3 is 1.41 bits per heavy atom. The van der Waals surface area contributed by atoms with Crippen molar-refractivity contribution in [3.8, 4) is 0 Å². The predicted octanol–water partition coefficient (Wildman–Crippen LogP) is 14.1. The van der Waals surface area contributed by atoms with Gasteiger partial charge in [0.1, 0.15) is 6.61 Å². The Bertz CT molecular complexity index is 1050. The molecule has 10 heteroatoms. The second-order valence-corrected chi connectivity index (χ2v) is 17.4. The Morgan fingerprint density at radius 1 is 0.534 bits per heavy atom. The number of hydrogen-bond acceptors (Lipinski definition) is 8. The van der Waals surface area contributed by atoms with Crippen LogP contribution in [0.5, 0.6) is 0 Å². The van der Waals surface area contributed by atoms with Gasteiger partial charge >= 0.3 is 19.8 Å². The van der Waals surface area contributed by atoms with Gasteiger partial charge in [-0.1, -0.05) is 204 Å². The van der Waals surface area contributed by atoms with Crippen LogP contribution in [-0.2, 0) is 32.7 Å². The lowest BCUT2D eigenvalue weighted by atomic mass is 10.0. The smallest absolute Gasteiger partial charge is 0.462 e. The summed E-state index contributed by atoms with van der Waals surface area (Å²) in [6, 6.07) is 0. The van der Waals surface area contributed by atoms with E-state index in [0.29, 0.717) is 6.42 Å². The molecule has 0 radical (unpaired) electrons. The number of hydrogen-bond donors (Lipinski definition) is 2. The van der Waals surface area contributed by atoms with Crippen molar-refractivity contribution in [2.24, 2.45) is 5.73 Å². The van der Waals surface area contributed by atoms with E-state index in [1.54, 1.807) is 0 Å². The average molecular weight is 840 g/mol. The minimum Gasteiger partial charge on any atom is -0.462 e. The van der Waals surface area contributed by atoms with Crippen LogP contribution in [0.15, 0.2) is 36.5 Å². The van der Waals surface area contributed by atoms with Gasteiger partial charge in [0.25, 0.3) is 0 Å². The Balaban J connectivity index is 4.03. The van der Waals surface area contributed by atoms with E-state index in [-0.39, 0.29) is 38.6 Å². The highest BCUT2D eigenvalue weighted by Gasteiger charge is 2.26. The first kappa shape index (κ1) is 56.2. The van der Waals surface area contributed by atoms with Crippen LogP contribution in [0.25, 0.3) is 0 Å². The summed E-state index contributed by atoms with van der Waals surface area (Å²) in [6.45, 7) is 3.63. The minimum atomic E-state index is -4.38. The molecule has 0 aromatic carbocycles. The third kappa shape index (κ3) is 43.8. The monoisotopic (exact) mass is 840 g/mol. The van der Waals surface area contributed by atoms with E-state index in [0.717, 1.165) is 70.6 Å². The lowest BCUT2D eigenvalue weighted by Gasteiger charge is -2.19. The van der Waals surface area contributed by atoms with Crippen molar-refractivity contribution in [1.82, 2.24) is 0 Å². The number of carbonyl (C=O) groups is 2. The van der Waals surface area contributed by atoms with E-state index < -0.39 is 26.5 Å². The first-order valence-electron chi connectivity index (χ1n) is 24.0. The molecule has 340 valence electrons. The van der Waals surface area contributed by atoms with Crippen LogP contribution in [0.3, 0.4) is 0 Å². The van der Waals surface area contributed by atoms with Gasteiger partial charge in [0, 0.05) is 19.4 Å². The lowest BCUT2D eigenvalue weighted by molar-refractivity contribution is -0.161. The Hall–Kier alpha value is -1.77. The Morgan fingerprint density at radius 2 is 0.948 bits per heavy atom. The molecule has 0 heterocycles. The number of allylic oxidation sites excluding steroid dienone is 6. The fraction of sp³-hybridized carbons (Fsp3) is 0.833. The zero-order valence-corrected chi connectivity index (χ0v) is 38.4. The van der Waals surface area contributed by atoms with Crippen molar-refractivity contribution in [1.29, 1.82) is 0 Å². The molecule has 2 atom stereocenters. The highest BCUT2D eigenvalue weighted by Crippen LogP contribution is 2.43. The second-order valence-electron chi connectivity index (χ2n) is 16.0. The van der Waals surface area contributed by atoms with Crippen LogP contribution in [0.2, 0.25) is 0 Å². The van der Waals surface area contributed by atoms with Crippen molar-refractivity contribution in [3.05, 3.63) is 36.5 Å². The molecule has 0 aliphatic carbocycles. The molecule has 0 spiro atoms. The highest BCUT2D eigenvalue weighted by atomic mass is 31.2. The van der Waals surface area contributed by atoms with Crippen molar-refractivity contribution >= 4 is 19.8 Å². The van der Waals surface area contributed by atoms with Gasteiger partial charge in [-0.25, -0.2) is 4.57 Å². The summed E-state index contributed by atoms with van der Waals surface area (Å²) in [4.78, 5) is 34.9. The number of nitrogens with two attached hydrogens (primary N) is 1. The maximum atomic E-state index is 12.6. The van der Waals surface area contributed by atoms with Crippen molar-refractivity contribution in [2.45, 2.75) is 232 Å². The molecule has 0 fully saturated rings. The van der Waals surface area contributed by atoms with Gasteiger partial charge in [-0.3, -0.25) is 18.6 Å². The lowest BCUT2D eigenvalue weighted by Crippen LogP contribution is -2.29. The normalized spacial score (nSPS) is 13.5. The second kappa shape index (κ2) is 44.8. The first-order valence-corrected chi connectivity index (χ1v) is 25.5. The maximum absolute atomic E-state index is 12.6. The van der Waals surface area contributed by atoms with Gasteiger partial charge < -0.3 is 20.1 Å². The first-order chi connectivity index (χ1) is 28.3. The summed E-state index contributed by atoms with van der Waals surface area (Å²) in [5.41, 5.74) is 5.35. The number of unbranched alkanes of at least 4 members (excludes halogenated alkanes) is 26. The van der Waals surface area contributed by atoms with Crippen LogP contribution in [0.4, 0.5) is 0 Å². The summed E-state index contributed by atoms with van der Waals surface area (Å²) in [5, 5.41) is 0. The van der Waals surface area contributed by atoms with Crippen LogP contribution >= 0.6 is 7.82 Å². The fourth-order valence-electron chi connectivity index (χ4n) is 6.77. The van der Waals surface area contributed by atoms with Gasteiger partial charge in [-0.15, -0.1) is 0 Å². The number of phosphoric acid groups is 1. The molecule has 0 rings (SSSR count). The largest absolute Gasteiger partial charge is 0.472 e. The molecule has 2 unspecified atom stereocenters. The van der Waals surface area contributed by atoms with Crippen LogP contribution < -0.4 is 5.73 Å². The Kier molecular flexibility index (Phi) is 43.4. The van der Waals surface area contributed by atoms with Gasteiger partial charge in [-0.05, 0) is 44.9 Å². The molecule has 58 heavy (non-hydrogen) atoms. The number of ether oxygens (including phenoxy) is 2. The molecular weight excluding hydrogens is 750 g/mol. The zero-order chi connectivity index (χ0) is 42.5. The van der Waals surface area contributed by atoms with E-state index in [1.807, 2.05) is 0 Å². The fourth-order valence-corrected chi connectivity index (χ4v) is 7.53. The predicted molar refractivity (Wildman–Crippen MR) is 243 cm³/mol. The summed E-state index contributed by atoms with van der Waals surface area (Å²) >= 11 is 0. The third-order valence-electron chi connectivity index (χ3n) is 10.3. The molecule has 3 N–H and O–H groups in total. The minimum absolute atomic E-state index is 0.0508. The third-order valence-corrected chi connectivity index (χ3v) is 11.3. The van der Waals surface area contributed by atoms with Gasteiger partial charge in [0.2, 0.25) is 0 Å². The molecule has 0 amide bonds. The molecule has 0 saturated carbocycles. The van der Waals surface area contributed by atoms with Crippen molar-refractivity contribution in [3.63, 3.8) is 0 Å². The zero-order valence-electron chi connectivity index (χ0n) is 37.5. The molecule has 0 aliphatic heterocycles. The summed E-state index contributed by atoms with van der Waals surface area (Å²) < 4.78 is 32.8. The molecule has 0 bridgehead atoms. The van der Waals surface area contributed by atoms with E-state index in [4.69, 9.17) is 24.3 Å². The Labute approximate surface area is 356 Å². The van der Waals surface area contributed by atoms with E-state index in [2.05, 4.69) is 50.3 Å². The summed E-state index contributed by atoms with van der Waals surface area (Å²) in [6.07, 6.45) is 50.4. The standard InChI is InChI=1S/C48H90NO8P/c1-3-5-7-9-11-13-15-17-19-20-21-22-23-24-25-27-28-30-32-34-36-38-40-47(50)54-44-46(45-56-58(52,53)55-43-42-49)57-48(51)41-39-37-35-33-31-29-26-18-16-14-12-10-8-6-4-2/h6,8,12,14,18,26,46H,3-5,7,9-11,13,15-17,19-25,27-45,49H2,1-2H3,(H,52,53)/b8-6-,14-12-,26-18-. The summed E-state index contributed by atoms with van der Waals surface area (Å²) in [7, 11) is -4.38. The van der Waals surface area contributed by atoms with E-state index in [9.17, 15) is 19.0 Å². The van der Waals surface area contributed by atoms with Crippen molar-refractivity contribution in [2.75, 3.05) is 26.4 Å². The van der Waals surface area contributed by atoms with E-state index >= 15 is 0 Å². The highest BCUT2D eigenvalue weighted by molar-refractivity contribution is 7.47. The number of carbonyl (C=O) groups excluding carboxylic acids is 2. The molecule has 0 aliphatic rings. The van der Waals surface area contributed by atoms with E-state index in [1.165, 1.54) is 122 Å². The molecule has 0 aromatic heterocycles. The topological polar surface area (TPSA) is 134 Å². The average Bonchev–Trinajstić information content (AvgIpc) is 3.21. The number of phosphoric ester groups is 1. The molecule has 0 saturated heterocycles. The number of rotatable bonds is 45. The van der Waals surface area contributed by atoms with Crippen LogP contribution in [0.1, 0.15) is 226 Å². The SMILES string of the molecule is CC/C=C\C/C=C\C/C=C\CCCCCCCC(=O)OC(COC(=O)CCCCCCCCCCCCCCCCCCCCCCCC)COP(=O)(O)OCCN.